The number of fused-ring (bicyclic) bond motifs is 3. The van der Waals surface area contributed by atoms with Gasteiger partial charge in [-0.05, 0) is 35.6 Å². The van der Waals surface area contributed by atoms with Gasteiger partial charge in [-0.15, -0.1) is 0 Å². The normalized spacial score (nSPS) is 14.9. The van der Waals surface area contributed by atoms with E-state index in [4.69, 9.17) is 9.84 Å². The number of aliphatic hydroxyl groups is 1. The fourth-order valence-electron chi connectivity index (χ4n) is 4.25. The van der Waals surface area contributed by atoms with E-state index in [9.17, 15) is 19.5 Å². The van der Waals surface area contributed by atoms with Crippen LogP contribution in [0.4, 0.5) is 4.79 Å². The zero-order valence-electron chi connectivity index (χ0n) is 19.5. The molecular weight excluding hydrogens is 436 g/mol. The van der Waals surface area contributed by atoms with Gasteiger partial charge in [0.25, 0.3) is 0 Å². The van der Waals surface area contributed by atoms with E-state index in [1.54, 1.807) is 0 Å². The summed E-state index contributed by atoms with van der Waals surface area (Å²) in [6.45, 7) is 3.20. The maximum atomic E-state index is 12.7. The van der Waals surface area contributed by atoms with E-state index >= 15 is 0 Å². The van der Waals surface area contributed by atoms with Crippen molar-refractivity contribution in [1.82, 2.24) is 10.6 Å². The lowest BCUT2D eigenvalue weighted by Crippen LogP contribution is -2.51. The molecule has 182 valence electrons. The maximum absolute atomic E-state index is 12.7. The van der Waals surface area contributed by atoms with Crippen molar-refractivity contribution >= 4 is 18.0 Å². The fraction of sp³-hybridized carbons (Fsp3) is 0.423. The molecule has 0 bridgehead atoms. The van der Waals surface area contributed by atoms with Crippen molar-refractivity contribution in [1.29, 1.82) is 0 Å². The minimum atomic E-state index is -1.60. The van der Waals surface area contributed by atoms with Crippen molar-refractivity contribution in [3.05, 3.63) is 59.7 Å². The second-order valence-electron chi connectivity index (χ2n) is 8.95. The molecular formula is C26H32N2O6. The molecule has 4 N–H and O–H groups in total. The van der Waals surface area contributed by atoms with Gasteiger partial charge < -0.3 is 25.6 Å². The fourth-order valence-corrected chi connectivity index (χ4v) is 4.25. The first-order chi connectivity index (χ1) is 16.2. The molecule has 1 aliphatic carbocycles. The second-order valence-corrected chi connectivity index (χ2v) is 8.95. The molecule has 0 aliphatic heterocycles. The Morgan fingerprint density at radius 1 is 1.06 bits per heavy atom. The monoisotopic (exact) mass is 468 g/mol. The van der Waals surface area contributed by atoms with Gasteiger partial charge in [-0.2, -0.15) is 0 Å². The molecule has 2 amide bonds. The highest BCUT2D eigenvalue weighted by atomic mass is 16.5. The van der Waals surface area contributed by atoms with Crippen molar-refractivity contribution in [3.63, 3.8) is 0 Å². The first kappa shape index (κ1) is 25.2. The number of carboxylic acids is 1. The summed E-state index contributed by atoms with van der Waals surface area (Å²) in [6.07, 6.45) is 0.718. The zero-order valence-corrected chi connectivity index (χ0v) is 19.5. The number of nitrogens with one attached hydrogen (secondary N) is 2. The highest BCUT2D eigenvalue weighted by Crippen LogP contribution is 2.44. The van der Waals surface area contributed by atoms with Crippen molar-refractivity contribution in [2.75, 3.05) is 13.2 Å². The minimum Gasteiger partial charge on any atom is -0.481 e. The second kappa shape index (κ2) is 11.2. The standard InChI is InChI=1S/C26H32N2O6/c1-3-4-13-22(24(31)27-16-26(2,33)14-23(29)30)28-25(32)34-15-21-19-11-7-5-9-17(19)18-10-6-8-12-20(18)21/h5-12,21-22,33H,3-4,13-16H2,1-2H3,(H,27,31)(H,28,32)(H,29,30)/t22-,26?/m0/s1. The number of unbranched alkanes of at least 4 members (excludes halogenated alkanes) is 1. The summed E-state index contributed by atoms with van der Waals surface area (Å²) in [5, 5.41) is 24.2. The number of carbonyl (C=O) groups excluding carboxylic acids is 2. The summed E-state index contributed by atoms with van der Waals surface area (Å²) in [5.41, 5.74) is 2.84. The summed E-state index contributed by atoms with van der Waals surface area (Å²) >= 11 is 0. The number of aliphatic carboxylic acids is 1. The third-order valence-corrected chi connectivity index (χ3v) is 5.97. The molecule has 0 spiro atoms. The van der Waals surface area contributed by atoms with Gasteiger partial charge in [0, 0.05) is 12.5 Å². The van der Waals surface area contributed by atoms with Crippen molar-refractivity contribution < 1.29 is 29.3 Å². The average molecular weight is 469 g/mol. The summed E-state index contributed by atoms with van der Waals surface area (Å²) in [6, 6.07) is 15.2. The first-order valence-electron chi connectivity index (χ1n) is 11.5. The van der Waals surface area contributed by atoms with Crippen LogP contribution in [0.15, 0.2) is 48.5 Å². The van der Waals surface area contributed by atoms with Crippen LogP contribution in [0, 0.1) is 0 Å². The number of carbonyl (C=O) groups is 3. The molecule has 2 aromatic rings. The van der Waals surface area contributed by atoms with E-state index in [0.717, 1.165) is 28.7 Å². The number of hydrogen-bond donors (Lipinski definition) is 4. The van der Waals surface area contributed by atoms with Gasteiger partial charge in [-0.25, -0.2) is 4.79 Å². The third-order valence-electron chi connectivity index (χ3n) is 5.97. The van der Waals surface area contributed by atoms with Crippen LogP contribution in [-0.2, 0) is 14.3 Å². The zero-order chi connectivity index (χ0) is 24.7. The largest absolute Gasteiger partial charge is 0.481 e. The molecule has 8 heteroatoms. The number of benzene rings is 2. The molecule has 0 saturated carbocycles. The number of alkyl carbamates (subject to hydrolysis) is 1. The van der Waals surface area contributed by atoms with Crippen molar-refractivity contribution in [2.45, 2.75) is 57.1 Å². The lowest BCUT2D eigenvalue weighted by Gasteiger charge is -2.24. The first-order valence-corrected chi connectivity index (χ1v) is 11.5. The van der Waals surface area contributed by atoms with Crippen LogP contribution in [0.5, 0.6) is 0 Å². The molecule has 8 nitrogen and oxygen atoms in total. The Morgan fingerprint density at radius 3 is 2.21 bits per heavy atom. The van der Waals surface area contributed by atoms with Gasteiger partial charge in [0.05, 0.1) is 12.0 Å². The Kier molecular flexibility index (Phi) is 8.28. The van der Waals surface area contributed by atoms with Crippen LogP contribution in [0.1, 0.15) is 56.6 Å². The summed E-state index contributed by atoms with van der Waals surface area (Å²) in [5.74, 6) is -1.75. The minimum absolute atomic E-state index is 0.0906. The molecule has 3 rings (SSSR count). The topological polar surface area (TPSA) is 125 Å². The average Bonchev–Trinajstić information content (AvgIpc) is 3.12. The highest BCUT2D eigenvalue weighted by molar-refractivity contribution is 5.86. The Balaban J connectivity index is 1.61. The number of rotatable bonds is 11. The molecule has 0 saturated heterocycles. The van der Waals surface area contributed by atoms with Gasteiger partial charge in [0.15, 0.2) is 0 Å². The van der Waals surface area contributed by atoms with Crippen LogP contribution in [-0.4, -0.2) is 53.0 Å². The molecule has 2 atom stereocenters. The van der Waals surface area contributed by atoms with Crippen LogP contribution in [0.2, 0.25) is 0 Å². The lowest BCUT2D eigenvalue weighted by molar-refractivity contribution is -0.142. The molecule has 2 aromatic carbocycles. The summed E-state index contributed by atoms with van der Waals surface area (Å²) < 4.78 is 5.54. The maximum Gasteiger partial charge on any atom is 0.407 e. The molecule has 0 heterocycles. The Bertz CT molecular complexity index is 990. The van der Waals surface area contributed by atoms with Crippen LogP contribution in [0.3, 0.4) is 0 Å². The van der Waals surface area contributed by atoms with E-state index in [2.05, 4.69) is 22.8 Å². The van der Waals surface area contributed by atoms with E-state index in [1.807, 2.05) is 43.3 Å². The summed E-state index contributed by atoms with van der Waals surface area (Å²) in [7, 11) is 0. The Hall–Kier alpha value is -3.39. The van der Waals surface area contributed by atoms with E-state index < -0.39 is 36.0 Å². The molecule has 34 heavy (non-hydrogen) atoms. The van der Waals surface area contributed by atoms with Gasteiger partial charge in [-0.3, -0.25) is 9.59 Å². The molecule has 1 aliphatic rings. The predicted molar refractivity (Wildman–Crippen MR) is 127 cm³/mol. The van der Waals surface area contributed by atoms with Crippen LogP contribution in [0.25, 0.3) is 11.1 Å². The van der Waals surface area contributed by atoms with Gasteiger partial charge in [0.2, 0.25) is 5.91 Å². The van der Waals surface area contributed by atoms with Crippen molar-refractivity contribution in [3.8, 4) is 11.1 Å². The third kappa shape index (κ3) is 6.35. The molecule has 0 fully saturated rings. The Labute approximate surface area is 199 Å². The smallest absolute Gasteiger partial charge is 0.407 e. The van der Waals surface area contributed by atoms with E-state index in [1.165, 1.54) is 6.92 Å². The van der Waals surface area contributed by atoms with Crippen LogP contribution < -0.4 is 10.6 Å². The molecule has 0 radical (unpaired) electrons. The highest BCUT2D eigenvalue weighted by Gasteiger charge is 2.30. The van der Waals surface area contributed by atoms with Gasteiger partial charge >= 0.3 is 12.1 Å². The SMILES string of the molecule is CCCC[C@H](NC(=O)OCC1c2ccccc2-c2ccccc21)C(=O)NCC(C)(O)CC(=O)O. The van der Waals surface area contributed by atoms with Crippen LogP contribution >= 0.6 is 0 Å². The Morgan fingerprint density at radius 2 is 1.65 bits per heavy atom. The number of hydrogen-bond acceptors (Lipinski definition) is 5. The van der Waals surface area contributed by atoms with E-state index in [-0.39, 0.29) is 19.1 Å². The summed E-state index contributed by atoms with van der Waals surface area (Å²) in [4.78, 5) is 36.1. The predicted octanol–water partition coefficient (Wildman–Crippen LogP) is 3.43. The quantitative estimate of drug-likeness (QED) is 0.400. The van der Waals surface area contributed by atoms with Crippen molar-refractivity contribution in [2.24, 2.45) is 0 Å². The lowest BCUT2D eigenvalue weighted by atomic mass is 9.98. The number of ether oxygens (including phenoxy) is 1. The molecule has 1 unspecified atom stereocenters. The van der Waals surface area contributed by atoms with Gasteiger partial charge in [0.1, 0.15) is 12.6 Å². The van der Waals surface area contributed by atoms with E-state index in [0.29, 0.717) is 12.8 Å². The molecule has 0 aromatic heterocycles. The number of carboxylic acid groups (broad SMARTS) is 1. The van der Waals surface area contributed by atoms with Gasteiger partial charge in [-0.1, -0.05) is 68.3 Å². The number of amides is 2.